The van der Waals surface area contributed by atoms with Crippen molar-refractivity contribution in [3.8, 4) is 16.9 Å². The second kappa shape index (κ2) is 13.1. The smallest absolute Gasteiger partial charge is 0.416 e. The summed E-state index contributed by atoms with van der Waals surface area (Å²) in [6.07, 6.45) is -4.36. The molecule has 0 heterocycles. The van der Waals surface area contributed by atoms with Crippen molar-refractivity contribution in [3.05, 3.63) is 82.4 Å². The number of alkyl halides is 3. The van der Waals surface area contributed by atoms with Crippen molar-refractivity contribution >= 4 is 29.0 Å². The predicted octanol–water partition coefficient (Wildman–Crippen LogP) is 8.26. The zero-order valence-electron chi connectivity index (χ0n) is 21.6. The van der Waals surface area contributed by atoms with E-state index in [0.717, 1.165) is 18.2 Å². The first-order chi connectivity index (χ1) is 18.8. The predicted molar refractivity (Wildman–Crippen MR) is 142 cm³/mol. The van der Waals surface area contributed by atoms with E-state index in [0.29, 0.717) is 23.4 Å². The Morgan fingerprint density at radius 1 is 0.975 bits per heavy atom. The maximum Gasteiger partial charge on any atom is 0.416 e. The van der Waals surface area contributed by atoms with E-state index in [9.17, 15) is 31.5 Å². The monoisotopic (exact) mass is 583 g/mol. The average Bonchev–Trinajstić information content (AvgIpc) is 2.86. The molecule has 0 fully saturated rings. The standard InChI is InChI=1S/C29H27ClF5NO4/c1-16(2)25(36-19-9-6-17(7-10-19)26(37)4-3-5-27(38)39)15-40-20-13-23(31)28(24(32)14-20)21-11-8-18(12-22(21)30)29(33,34)35/h6-14,16,25,36H,3-5,15H2,1-2H3,(H,38,39)/t25-/m1/s1. The number of carboxylic acids is 1. The molecule has 0 aliphatic rings. The third kappa shape index (κ3) is 8.17. The number of rotatable bonds is 12. The molecule has 0 aromatic heterocycles. The molecule has 0 radical (unpaired) electrons. The minimum absolute atomic E-state index is 0.0206. The van der Waals surface area contributed by atoms with Crippen molar-refractivity contribution in [1.29, 1.82) is 0 Å². The highest BCUT2D eigenvalue weighted by atomic mass is 35.5. The Morgan fingerprint density at radius 2 is 1.60 bits per heavy atom. The molecular weight excluding hydrogens is 557 g/mol. The van der Waals surface area contributed by atoms with Crippen molar-refractivity contribution in [2.45, 2.75) is 45.3 Å². The van der Waals surface area contributed by atoms with Gasteiger partial charge in [0.05, 0.1) is 17.2 Å². The number of hydrogen-bond donors (Lipinski definition) is 2. The lowest BCUT2D eigenvalue weighted by Crippen LogP contribution is -2.32. The van der Waals surface area contributed by atoms with E-state index in [1.165, 1.54) is 0 Å². The molecule has 2 N–H and O–H groups in total. The molecule has 0 aliphatic carbocycles. The Balaban J connectivity index is 1.68. The van der Waals surface area contributed by atoms with E-state index in [2.05, 4.69) is 5.32 Å². The molecule has 0 aliphatic heterocycles. The van der Waals surface area contributed by atoms with Gasteiger partial charge in [-0.05, 0) is 48.7 Å². The quantitative estimate of drug-likeness (QED) is 0.166. The largest absolute Gasteiger partial charge is 0.491 e. The Kier molecular flexibility index (Phi) is 10.1. The molecule has 11 heteroatoms. The van der Waals surface area contributed by atoms with Gasteiger partial charge in [0.1, 0.15) is 24.0 Å². The van der Waals surface area contributed by atoms with Crippen LogP contribution in [0.25, 0.3) is 11.1 Å². The van der Waals surface area contributed by atoms with E-state index < -0.39 is 39.9 Å². The van der Waals surface area contributed by atoms with Crippen LogP contribution in [0.15, 0.2) is 54.6 Å². The average molecular weight is 584 g/mol. The maximum absolute atomic E-state index is 14.9. The van der Waals surface area contributed by atoms with Crippen LogP contribution in [0.4, 0.5) is 27.6 Å². The normalized spacial score (nSPS) is 12.3. The van der Waals surface area contributed by atoms with Gasteiger partial charge in [0.15, 0.2) is 5.78 Å². The minimum atomic E-state index is -4.65. The molecule has 0 saturated heterocycles. The first-order valence-corrected chi connectivity index (χ1v) is 12.7. The SMILES string of the molecule is CC(C)[C@@H](COc1cc(F)c(-c2ccc(C(F)(F)F)cc2Cl)c(F)c1)Nc1ccc(C(=O)CCCC(=O)O)cc1. The van der Waals surface area contributed by atoms with Crippen LogP contribution in [0.2, 0.25) is 5.02 Å². The van der Waals surface area contributed by atoms with E-state index in [4.69, 9.17) is 21.4 Å². The molecule has 3 rings (SSSR count). The Morgan fingerprint density at radius 3 is 2.12 bits per heavy atom. The fourth-order valence-electron chi connectivity index (χ4n) is 3.88. The van der Waals surface area contributed by atoms with Crippen molar-refractivity contribution in [2.75, 3.05) is 11.9 Å². The molecule has 0 saturated carbocycles. The van der Waals surface area contributed by atoms with Crippen molar-refractivity contribution in [1.82, 2.24) is 0 Å². The molecule has 0 bridgehead atoms. The highest BCUT2D eigenvalue weighted by Gasteiger charge is 2.31. The van der Waals surface area contributed by atoms with Crippen LogP contribution in [-0.4, -0.2) is 29.5 Å². The van der Waals surface area contributed by atoms with E-state index in [-0.39, 0.29) is 54.9 Å². The first-order valence-electron chi connectivity index (χ1n) is 12.4. The van der Waals surface area contributed by atoms with Crippen LogP contribution in [0.1, 0.15) is 49.0 Å². The second-order valence-electron chi connectivity index (χ2n) is 9.51. The fourth-order valence-corrected chi connectivity index (χ4v) is 4.16. The third-order valence-electron chi connectivity index (χ3n) is 6.17. The number of carboxylic acid groups (broad SMARTS) is 1. The Labute approximate surface area is 232 Å². The molecule has 1 atom stereocenters. The molecule has 0 unspecified atom stereocenters. The third-order valence-corrected chi connectivity index (χ3v) is 6.48. The molecule has 40 heavy (non-hydrogen) atoms. The number of carbonyl (C=O) groups excluding carboxylic acids is 1. The number of ketones is 1. The van der Waals surface area contributed by atoms with Crippen molar-refractivity contribution in [2.24, 2.45) is 5.92 Å². The van der Waals surface area contributed by atoms with Crippen LogP contribution in [0.3, 0.4) is 0 Å². The van der Waals surface area contributed by atoms with Gasteiger partial charge >= 0.3 is 12.1 Å². The molecule has 214 valence electrons. The van der Waals surface area contributed by atoms with Gasteiger partial charge < -0.3 is 15.2 Å². The number of anilines is 1. The van der Waals surface area contributed by atoms with Crippen LogP contribution < -0.4 is 10.1 Å². The number of Topliss-reactive ketones (excluding diaryl/α,β-unsaturated/α-hetero) is 1. The van der Waals surface area contributed by atoms with Crippen LogP contribution in [0, 0.1) is 17.6 Å². The Hall–Kier alpha value is -3.66. The van der Waals surface area contributed by atoms with Crippen LogP contribution in [0.5, 0.6) is 5.75 Å². The van der Waals surface area contributed by atoms with Crippen molar-refractivity contribution in [3.63, 3.8) is 0 Å². The summed E-state index contributed by atoms with van der Waals surface area (Å²) in [4.78, 5) is 22.8. The first kappa shape index (κ1) is 30.9. The van der Waals surface area contributed by atoms with E-state index in [1.807, 2.05) is 13.8 Å². The van der Waals surface area contributed by atoms with Gasteiger partial charge in [0, 0.05) is 46.8 Å². The van der Waals surface area contributed by atoms with Gasteiger partial charge in [-0.25, -0.2) is 8.78 Å². The molecular formula is C29H27ClF5NO4. The van der Waals surface area contributed by atoms with E-state index in [1.54, 1.807) is 24.3 Å². The lowest BCUT2D eigenvalue weighted by atomic mass is 10.0. The van der Waals surface area contributed by atoms with Gasteiger partial charge in [0.25, 0.3) is 0 Å². The summed E-state index contributed by atoms with van der Waals surface area (Å²) in [5, 5.41) is 11.5. The summed E-state index contributed by atoms with van der Waals surface area (Å²) in [6, 6.07) is 10.4. The zero-order chi connectivity index (χ0) is 29.6. The number of ether oxygens (including phenoxy) is 1. The lowest BCUT2D eigenvalue weighted by molar-refractivity contribution is -0.138. The topological polar surface area (TPSA) is 75.6 Å². The molecule has 0 amide bonds. The number of nitrogens with one attached hydrogen (secondary N) is 1. The molecule has 0 spiro atoms. The summed E-state index contributed by atoms with van der Waals surface area (Å²) in [5.41, 5.74) is -0.697. The van der Waals surface area contributed by atoms with Crippen molar-refractivity contribution < 1.29 is 41.4 Å². The number of hydrogen-bond acceptors (Lipinski definition) is 4. The summed E-state index contributed by atoms with van der Waals surface area (Å²) in [6.45, 7) is 3.85. The minimum Gasteiger partial charge on any atom is -0.491 e. The number of carbonyl (C=O) groups is 2. The number of benzene rings is 3. The maximum atomic E-state index is 14.9. The van der Waals surface area contributed by atoms with Gasteiger partial charge in [-0.15, -0.1) is 0 Å². The van der Waals surface area contributed by atoms with Gasteiger partial charge in [0.2, 0.25) is 0 Å². The van der Waals surface area contributed by atoms with Crippen LogP contribution >= 0.6 is 11.6 Å². The summed E-state index contributed by atoms with van der Waals surface area (Å²) < 4.78 is 74.2. The molecule has 3 aromatic rings. The summed E-state index contributed by atoms with van der Waals surface area (Å²) >= 11 is 5.92. The Bertz CT molecular complexity index is 1340. The number of halogens is 6. The summed E-state index contributed by atoms with van der Waals surface area (Å²) in [5.74, 6) is -3.31. The summed E-state index contributed by atoms with van der Waals surface area (Å²) in [7, 11) is 0. The molecule has 5 nitrogen and oxygen atoms in total. The van der Waals surface area contributed by atoms with Gasteiger partial charge in [-0.2, -0.15) is 13.2 Å². The zero-order valence-corrected chi connectivity index (χ0v) is 22.4. The lowest BCUT2D eigenvalue weighted by Gasteiger charge is -2.24. The van der Waals surface area contributed by atoms with Gasteiger partial charge in [-0.3, -0.25) is 9.59 Å². The fraction of sp³-hybridized carbons (Fsp3) is 0.310. The van der Waals surface area contributed by atoms with E-state index >= 15 is 0 Å². The highest BCUT2D eigenvalue weighted by molar-refractivity contribution is 6.33. The highest BCUT2D eigenvalue weighted by Crippen LogP contribution is 2.38. The number of aliphatic carboxylic acids is 1. The van der Waals surface area contributed by atoms with Gasteiger partial charge in [-0.1, -0.05) is 31.5 Å². The second-order valence-corrected chi connectivity index (χ2v) is 9.92. The van der Waals surface area contributed by atoms with Crippen LogP contribution in [-0.2, 0) is 11.0 Å². The molecule has 3 aromatic carbocycles.